The normalized spacial score (nSPS) is 26.8. The van der Waals surface area contributed by atoms with Gasteiger partial charge in [-0.05, 0) is 72.9 Å². The van der Waals surface area contributed by atoms with E-state index in [2.05, 4.69) is 10.3 Å². The third-order valence-corrected chi connectivity index (χ3v) is 12.8. The number of thioether (sulfide) groups is 1. The van der Waals surface area contributed by atoms with Gasteiger partial charge in [-0.2, -0.15) is 13.2 Å². The minimum atomic E-state index is -4.54. The molecule has 6 unspecified atom stereocenters. The highest BCUT2D eigenvalue weighted by Crippen LogP contribution is 2.68. The topological polar surface area (TPSA) is 146 Å². The number of halogens is 3. The van der Waals surface area contributed by atoms with Crippen LogP contribution < -0.4 is 14.9 Å². The average molecular weight is 716 g/mol. The summed E-state index contributed by atoms with van der Waals surface area (Å²) in [5, 5.41) is 12.1. The highest BCUT2D eigenvalue weighted by atomic mass is 32.2. The van der Waals surface area contributed by atoms with Crippen molar-refractivity contribution in [3.8, 4) is 5.75 Å². The van der Waals surface area contributed by atoms with Crippen molar-refractivity contribution in [3.63, 3.8) is 0 Å². The van der Waals surface area contributed by atoms with Crippen molar-refractivity contribution < 1.29 is 42.2 Å². The van der Waals surface area contributed by atoms with E-state index >= 15 is 0 Å². The van der Waals surface area contributed by atoms with Gasteiger partial charge in [-0.25, -0.2) is 0 Å². The highest BCUT2D eigenvalue weighted by molar-refractivity contribution is 8.00. The number of unbranched alkanes of at least 4 members (excludes halogenated alkanes) is 2. The van der Waals surface area contributed by atoms with Gasteiger partial charge in [-0.1, -0.05) is 36.0 Å². The number of carboxylic acids is 1. The van der Waals surface area contributed by atoms with Crippen LogP contribution in [0.3, 0.4) is 0 Å². The zero-order chi connectivity index (χ0) is 34.6. The van der Waals surface area contributed by atoms with E-state index in [1.54, 1.807) is 23.9 Å². The fourth-order valence-electron chi connectivity index (χ4n) is 8.29. The summed E-state index contributed by atoms with van der Waals surface area (Å²) in [6.45, 7) is -0.140. The van der Waals surface area contributed by atoms with Gasteiger partial charge >= 0.3 is 17.0 Å². The number of ether oxygens (including phenoxy) is 1. The highest BCUT2D eigenvalue weighted by Gasteiger charge is 2.69. The SMILES string of the molecule is O=C(O)CCCCCN1C(=O)C2C3CC(C2C1=O)C1C3Sc2[nH]c(=O)sc2[C@@H]1c1ccc(OCC(=O)Nc2cccc(C(F)(F)F)c2)cc1. The van der Waals surface area contributed by atoms with Gasteiger partial charge in [0, 0.05) is 34.7 Å². The first-order valence-electron chi connectivity index (χ1n) is 16.1. The molecular weight excluding hydrogens is 684 g/mol. The van der Waals surface area contributed by atoms with Crippen LogP contribution in [0, 0.1) is 29.6 Å². The van der Waals surface area contributed by atoms with E-state index in [0.717, 1.165) is 45.4 Å². The number of hydrogen-bond acceptors (Lipinski definition) is 8. The number of carbonyl (C=O) groups is 4. The largest absolute Gasteiger partial charge is 0.484 e. The molecule has 2 bridgehead atoms. The maximum atomic E-state index is 13.7. The summed E-state index contributed by atoms with van der Waals surface area (Å²) in [4.78, 5) is 68.2. The summed E-state index contributed by atoms with van der Waals surface area (Å²) >= 11 is 2.74. The lowest BCUT2D eigenvalue weighted by atomic mass is 9.68. The number of hydrogen-bond donors (Lipinski definition) is 3. The molecule has 1 saturated heterocycles. The van der Waals surface area contributed by atoms with Gasteiger partial charge in [-0.15, -0.1) is 11.8 Å². The number of aromatic amines is 1. The number of aromatic nitrogens is 1. The molecule has 2 aromatic carbocycles. The Morgan fingerprint density at radius 1 is 1.00 bits per heavy atom. The fraction of sp³-hybridized carbons (Fsp3) is 0.441. The Bertz CT molecular complexity index is 1860. The first-order valence-corrected chi connectivity index (χ1v) is 17.8. The lowest BCUT2D eigenvalue weighted by Gasteiger charge is -2.43. The summed E-state index contributed by atoms with van der Waals surface area (Å²) in [6.07, 6.45) is -2.07. The van der Waals surface area contributed by atoms with Crippen molar-refractivity contribution in [1.29, 1.82) is 0 Å². The molecule has 2 aliphatic heterocycles. The first-order chi connectivity index (χ1) is 23.4. The van der Waals surface area contributed by atoms with Gasteiger partial charge in [0.2, 0.25) is 11.8 Å². The number of nitrogens with one attached hydrogen (secondary N) is 2. The minimum Gasteiger partial charge on any atom is -0.484 e. The molecule has 7 atom stereocenters. The smallest absolute Gasteiger partial charge is 0.416 e. The van der Waals surface area contributed by atoms with Crippen LogP contribution in [-0.4, -0.2) is 57.1 Å². The molecule has 3 aromatic rings. The second-order valence-corrected chi connectivity index (χ2v) is 15.2. The molecule has 15 heteroatoms. The van der Waals surface area contributed by atoms with Crippen LogP contribution in [0.15, 0.2) is 58.4 Å². The molecule has 2 aliphatic carbocycles. The molecular formula is C34H32F3N3O7S2. The molecule has 3 amide bonds. The molecule has 3 heterocycles. The summed E-state index contributed by atoms with van der Waals surface area (Å²) in [5.41, 5.74) is 0.0286. The summed E-state index contributed by atoms with van der Waals surface area (Å²) in [5.74, 6) is -2.49. The molecule has 3 N–H and O–H groups in total. The van der Waals surface area contributed by atoms with Crippen LogP contribution >= 0.6 is 23.1 Å². The number of benzene rings is 2. The predicted octanol–water partition coefficient (Wildman–Crippen LogP) is 5.59. The van der Waals surface area contributed by atoms with Crippen LogP contribution in [0.25, 0.3) is 0 Å². The number of likely N-dealkylation sites (tertiary alicyclic amines) is 1. The molecule has 2 saturated carbocycles. The number of nitrogens with zero attached hydrogens (tertiary/aromatic N) is 1. The molecule has 0 radical (unpaired) electrons. The fourth-order valence-corrected chi connectivity index (χ4v) is 11.2. The Morgan fingerprint density at radius 3 is 2.45 bits per heavy atom. The molecule has 3 fully saturated rings. The third kappa shape index (κ3) is 6.26. The maximum absolute atomic E-state index is 13.7. The van der Waals surface area contributed by atoms with Crippen LogP contribution in [0.1, 0.15) is 54.0 Å². The van der Waals surface area contributed by atoms with E-state index in [9.17, 15) is 37.1 Å². The Labute approximate surface area is 286 Å². The van der Waals surface area contributed by atoms with Crippen LogP contribution in [0.4, 0.5) is 18.9 Å². The molecule has 258 valence electrons. The Balaban J connectivity index is 1.05. The number of rotatable bonds is 11. The second kappa shape index (κ2) is 13.0. The van der Waals surface area contributed by atoms with E-state index in [0.29, 0.717) is 25.0 Å². The van der Waals surface area contributed by atoms with Crippen LogP contribution in [0.5, 0.6) is 5.75 Å². The number of carbonyl (C=O) groups excluding carboxylic acids is 3. The number of alkyl halides is 3. The van der Waals surface area contributed by atoms with Gasteiger partial charge in [0.05, 0.1) is 22.4 Å². The third-order valence-electron chi connectivity index (χ3n) is 10.2. The van der Waals surface area contributed by atoms with Crippen molar-refractivity contribution in [1.82, 2.24) is 9.88 Å². The standard InChI is InChI=1S/C34H32F3N3O7S2/c35-34(36,37)17-5-4-6-18(13-17)38-22(41)15-47-19-10-8-16(9-11-19)24-25-20-14-21(28(25)48-30-29(24)49-33(46)39-30)27-26(20)31(44)40(32(27)45)12-3-1-2-7-23(42)43/h4-6,8-11,13,20-21,24-28H,1-3,7,12,14-15H2,(H,38,41)(H,39,46)(H,42,43)/t20?,21?,24-,25?,26?,27?,28?/m1/s1. The zero-order valence-corrected chi connectivity index (χ0v) is 27.5. The molecule has 7 rings (SSSR count). The summed E-state index contributed by atoms with van der Waals surface area (Å²) in [7, 11) is 0. The van der Waals surface area contributed by atoms with Crippen molar-refractivity contribution in [3.05, 3.63) is 74.2 Å². The van der Waals surface area contributed by atoms with E-state index < -0.39 is 42.1 Å². The Hall–Kier alpha value is -4.11. The van der Waals surface area contributed by atoms with Gasteiger partial charge in [0.25, 0.3) is 5.91 Å². The minimum absolute atomic E-state index is 0.000741. The average Bonchev–Trinajstić information content (AvgIpc) is 3.79. The zero-order valence-electron chi connectivity index (χ0n) is 25.9. The van der Waals surface area contributed by atoms with Crippen LogP contribution in [0.2, 0.25) is 0 Å². The molecule has 49 heavy (non-hydrogen) atoms. The maximum Gasteiger partial charge on any atom is 0.416 e. The monoisotopic (exact) mass is 715 g/mol. The number of aliphatic carboxylic acids is 1. The predicted molar refractivity (Wildman–Crippen MR) is 173 cm³/mol. The first kappa shape index (κ1) is 33.4. The molecule has 10 nitrogen and oxygen atoms in total. The molecule has 0 spiro atoms. The van der Waals surface area contributed by atoms with Crippen molar-refractivity contribution in [2.75, 3.05) is 18.5 Å². The lowest BCUT2D eigenvalue weighted by molar-refractivity contribution is -0.141. The van der Waals surface area contributed by atoms with E-state index in [1.807, 2.05) is 12.1 Å². The number of thiazole rings is 1. The summed E-state index contributed by atoms with van der Waals surface area (Å²) < 4.78 is 44.7. The number of imide groups is 1. The number of H-pyrrole nitrogens is 1. The number of anilines is 1. The second-order valence-electron chi connectivity index (χ2n) is 13.0. The Kier molecular flexibility index (Phi) is 8.84. The molecule has 1 aromatic heterocycles. The number of fused-ring (bicyclic) bond motifs is 9. The summed E-state index contributed by atoms with van der Waals surface area (Å²) in [6, 6.07) is 11.5. The van der Waals surface area contributed by atoms with Crippen molar-refractivity contribution in [2.45, 2.75) is 54.5 Å². The molecule has 4 aliphatic rings. The van der Waals surface area contributed by atoms with Gasteiger partial charge in [0.1, 0.15) is 5.75 Å². The quantitative estimate of drug-likeness (QED) is 0.172. The van der Waals surface area contributed by atoms with Gasteiger partial charge in [0.15, 0.2) is 6.61 Å². The van der Waals surface area contributed by atoms with Gasteiger partial charge < -0.3 is 20.1 Å². The van der Waals surface area contributed by atoms with Gasteiger partial charge in [-0.3, -0.25) is 28.9 Å². The van der Waals surface area contributed by atoms with Crippen LogP contribution in [-0.2, 0) is 25.4 Å². The van der Waals surface area contributed by atoms with E-state index in [4.69, 9.17) is 9.84 Å². The van der Waals surface area contributed by atoms with Crippen molar-refractivity contribution in [2.24, 2.45) is 29.6 Å². The lowest BCUT2D eigenvalue weighted by Crippen LogP contribution is -2.42. The van der Waals surface area contributed by atoms with E-state index in [-0.39, 0.29) is 64.3 Å². The van der Waals surface area contributed by atoms with E-state index in [1.165, 1.54) is 17.0 Å². The number of carboxylic acid groups (broad SMARTS) is 1. The Morgan fingerprint density at radius 2 is 1.73 bits per heavy atom. The number of amides is 3. The van der Waals surface area contributed by atoms with Crippen molar-refractivity contribution >= 4 is 52.5 Å².